The van der Waals surface area contributed by atoms with Crippen molar-refractivity contribution in [3.63, 3.8) is 0 Å². The molecule has 1 atom stereocenters. The first kappa shape index (κ1) is 22.9. The lowest BCUT2D eigenvalue weighted by Crippen LogP contribution is -2.43. The van der Waals surface area contributed by atoms with E-state index in [2.05, 4.69) is 0 Å². The third-order valence-electron chi connectivity index (χ3n) is 6.20. The molecule has 5 rings (SSSR count). The molecule has 4 aromatic carbocycles. The van der Waals surface area contributed by atoms with Crippen LogP contribution in [-0.2, 0) is 11.3 Å². The van der Waals surface area contributed by atoms with Crippen molar-refractivity contribution in [1.29, 1.82) is 0 Å². The highest BCUT2D eigenvalue weighted by molar-refractivity contribution is 8.01. The van der Waals surface area contributed by atoms with Crippen molar-refractivity contribution in [2.75, 3.05) is 4.90 Å². The number of anilines is 1. The molecular formula is C29H23FN2O2S. The largest absolute Gasteiger partial charge is 0.366 e. The SMILES string of the molecule is NC(=O)c1ccc2c(c1)N(Cc1ccccc1F)C(=O)C(C(c1ccccc1)c1ccccc1)S2. The van der Waals surface area contributed by atoms with Crippen LogP contribution in [0.25, 0.3) is 0 Å². The van der Waals surface area contributed by atoms with E-state index in [0.717, 1.165) is 16.0 Å². The van der Waals surface area contributed by atoms with Crippen LogP contribution in [0.1, 0.15) is 33.0 Å². The fourth-order valence-corrected chi connectivity index (χ4v) is 5.86. The number of fused-ring (bicyclic) bond motifs is 1. The van der Waals surface area contributed by atoms with Crippen molar-refractivity contribution < 1.29 is 14.0 Å². The van der Waals surface area contributed by atoms with Crippen LogP contribution in [0.5, 0.6) is 0 Å². The fraction of sp³-hybridized carbons (Fsp3) is 0.103. The first-order chi connectivity index (χ1) is 17.0. The fourth-order valence-electron chi connectivity index (χ4n) is 4.47. The number of carbonyl (C=O) groups excluding carboxylic acids is 2. The summed E-state index contributed by atoms with van der Waals surface area (Å²) >= 11 is 1.46. The highest BCUT2D eigenvalue weighted by Gasteiger charge is 2.40. The molecule has 1 aliphatic rings. The van der Waals surface area contributed by atoms with Crippen LogP contribution in [0.3, 0.4) is 0 Å². The molecule has 0 bridgehead atoms. The van der Waals surface area contributed by atoms with Crippen molar-refractivity contribution in [3.8, 4) is 0 Å². The van der Waals surface area contributed by atoms with E-state index < -0.39 is 11.2 Å². The average molecular weight is 483 g/mol. The van der Waals surface area contributed by atoms with Crippen LogP contribution in [0.15, 0.2) is 108 Å². The Balaban J connectivity index is 1.64. The van der Waals surface area contributed by atoms with Crippen LogP contribution < -0.4 is 10.6 Å². The summed E-state index contributed by atoms with van der Waals surface area (Å²) in [7, 11) is 0. The average Bonchev–Trinajstić information content (AvgIpc) is 2.88. The first-order valence-electron chi connectivity index (χ1n) is 11.3. The molecule has 0 spiro atoms. The Morgan fingerprint density at radius 1 is 0.886 bits per heavy atom. The summed E-state index contributed by atoms with van der Waals surface area (Å²) in [5, 5.41) is -0.487. The lowest BCUT2D eigenvalue weighted by atomic mass is 9.87. The van der Waals surface area contributed by atoms with E-state index in [-0.39, 0.29) is 24.2 Å². The van der Waals surface area contributed by atoms with Gasteiger partial charge in [-0.3, -0.25) is 9.59 Å². The van der Waals surface area contributed by atoms with Crippen LogP contribution in [0.4, 0.5) is 10.1 Å². The Labute approximate surface area is 207 Å². The minimum atomic E-state index is -0.579. The van der Waals surface area contributed by atoms with Gasteiger partial charge in [-0.05, 0) is 35.4 Å². The second-order valence-electron chi connectivity index (χ2n) is 8.40. The van der Waals surface area contributed by atoms with E-state index in [0.29, 0.717) is 16.8 Å². The van der Waals surface area contributed by atoms with Crippen molar-refractivity contribution in [2.24, 2.45) is 5.73 Å². The van der Waals surface area contributed by atoms with Gasteiger partial charge in [-0.15, -0.1) is 11.8 Å². The lowest BCUT2D eigenvalue weighted by molar-refractivity contribution is -0.118. The predicted molar refractivity (Wildman–Crippen MR) is 137 cm³/mol. The molecule has 1 heterocycles. The van der Waals surface area contributed by atoms with Gasteiger partial charge in [0.1, 0.15) is 5.82 Å². The molecule has 1 unspecified atom stereocenters. The minimum Gasteiger partial charge on any atom is -0.366 e. The van der Waals surface area contributed by atoms with Crippen LogP contribution in [0.2, 0.25) is 0 Å². The van der Waals surface area contributed by atoms with Gasteiger partial charge in [0.25, 0.3) is 0 Å². The van der Waals surface area contributed by atoms with Gasteiger partial charge >= 0.3 is 0 Å². The zero-order valence-electron chi connectivity index (χ0n) is 18.8. The number of hydrogen-bond acceptors (Lipinski definition) is 3. The summed E-state index contributed by atoms with van der Waals surface area (Å²) in [6, 6.07) is 31.4. The number of rotatable bonds is 6. The maximum atomic E-state index is 14.6. The third kappa shape index (κ3) is 4.57. The Bertz CT molecular complexity index is 1340. The second kappa shape index (κ2) is 9.76. The number of nitrogens with zero attached hydrogens (tertiary/aromatic N) is 1. The zero-order valence-corrected chi connectivity index (χ0v) is 19.6. The van der Waals surface area contributed by atoms with Gasteiger partial charge in [0, 0.05) is 21.9 Å². The molecule has 4 nitrogen and oxygen atoms in total. The number of benzene rings is 4. The summed E-state index contributed by atoms with van der Waals surface area (Å²) in [5.74, 6) is -1.33. The highest BCUT2D eigenvalue weighted by Crippen LogP contribution is 2.47. The molecule has 0 saturated heterocycles. The van der Waals surface area contributed by atoms with Gasteiger partial charge in [-0.1, -0.05) is 78.9 Å². The number of nitrogens with two attached hydrogens (primary N) is 1. The van der Waals surface area contributed by atoms with E-state index in [1.807, 2.05) is 66.7 Å². The van der Waals surface area contributed by atoms with Crippen LogP contribution in [0, 0.1) is 5.82 Å². The molecule has 4 aromatic rings. The van der Waals surface area contributed by atoms with Gasteiger partial charge in [0.05, 0.1) is 17.5 Å². The molecule has 1 aliphatic heterocycles. The molecule has 0 aromatic heterocycles. The van der Waals surface area contributed by atoms with Crippen molar-refractivity contribution in [1.82, 2.24) is 0 Å². The van der Waals surface area contributed by atoms with Gasteiger partial charge in [-0.25, -0.2) is 4.39 Å². The Morgan fingerprint density at radius 3 is 2.09 bits per heavy atom. The summed E-state index contributed by atoms with van der Waals surface area (Å²) < 4.78 is 14.6. The number of halogens is 1. The van der Waals surface area contributed by atoms with E-state index in [1.54, 1.807) is 35.2 Å². The van der Waals surface area contributed by atoms with Gasteiger partial charge in [0.15, 0.2) is 0 Å². The van der Waals surface area contributed by atoms with Gasteiger partial charge in [-0.2, -0.15) is 0 Å². The van der Waals surface area contributed by atoms with E-state index in [1.165, 1.54) is 17.8 Å². The quantitative estimate of drug-likeness (QED) is 0.380. The Morgan fingerprint density at radius 2 is 1.49 bits per heavy atom. The minimum absolute atomic E-state index is 0.0497. The monoisotopic (exact) mass is 482 g/mol. The van der Waals surface area contributed by atoms with Crippen LogP contribution in [-0.4, -0.2) is 17.1 Å². The number of primary amides is 1. The molecule has 0 fully saturated rings. The van der Waals surface area contributed by atoms with Crippen molar-refractivity contribution >= 4 is 29.3 Å². The molecule has 0 saturated carbocycles. The first-order valence-corrected chi connectivity index (χ1v) is 12.2. The lowest BCUT2D eigenvalue weighted by Gasteiger charge is -2.37. The maximum Gasteiger partial charge on any atom is 0.248 e. The molecule has 2 amide bonds. The molecule has 35 heavy (non-hydrogen) atoms. The predicted octanol–water partition coefficient (Wildman–Crippen LogP) is 5.76. The highest BCUT2D eigenvalue weighted by atomic mass is 32.2. The van der Waals surface area contributed by atoms with E-state index in [9.17, 15) is 14.0 Å². The molecule has 2 N–H and O–H groups in total. The third-order valence-corrected chi connectivity index (χ3v) is 7.53. The van der Waals surface area contributed by atoms with E-state index >= 15 is 0 Å². The molecule has 174 valence electrons. The van der Waals surface area contributed by atoms with Crippen molar-refractivity contribution in [2.45, 2.75) is 22.6 Å². The zero-order chi connectivity index (χ0) is 24.4. The number of carbonyl (C=O) groups is 2. The van der Waals surface area contributed by atoms with Crippen molar-refractivity contribution in [3.05, 3.63) is 131 Å². The molecule has 0 aliphatic carbocycles. The Hall–Kier alpha value is -3.90. The summed E-state index contributed by atoms with van der Waals surface area (Å²) in [5.41, 5.74) is 8.83. The molecule has 0 radical (unpaired) electrons. The standard InChI is InChI=1S/C29H23FN2O2S/c30-23-14-8-7-13-22(23)18-32-24-17-21(28(31)33)15-16-25(24)35-27(29(32)34)26(19-9-3-1-4-10-19)20-11-5-2-6-12-20/h1-17,26-27H,18H2,(H2,31,33). The number of hydrogen-bond donors (Lipinski definition) is 1. The smallest absolute Gasteiger partial charge is 0.248 e. The van der Waals surface area contributed by atoms with Gasteiger partial charge in [0.2, 0.25) is 11.8 Å². The summed E-state index contributed by atoms with van der Waals surface area (Å²) in [6.07, 6.45) is 0. The number of amides is 2. The normalized spacial score (nSPS) is 15.2. The maximum absolute atomic E-state index is 14.6. The van der Waals surface area contributed by atoms with E-state index in [4.69, 9.17) is 5.73 Å². The van der Waals surface area contributed by atoms with Crippen LogP contribution >= 0.6 is 11.8 Å². The molecular weight excluding hydrogens is 459 g/mol. The summed E-state index contributed by atoms with van der Waals surface area (Å²) in [4.78, 5) is 28.4. The second-order valence-corrected chi connectivity index (χ2v) is 9.58. The topological polar surface area (TPSA) is 63.4 Å². The molecule has 6 heteroatoms. The number of thioether (sulfide) groups is 1. The van der Waals surface area contributed by atoms with Gasteiger partial charge < -0.3 is 10.6 Å². The Kier molecular flexibility index (Phi) is 6.38. The summed E-state index contributed by atoms with van der Waals surface area (Å²) in [6.45, 7) is 0.0497.